The number of aromatic nitrogens is 1. The second-order valence-electron chi connectivity index (χ2n) is 4.75. The maximum atomic E-state index is 10.8. The van der Waals surface area contributed by atoms with Gasteiger partial charge < -0.3 is 10.1 Å². The molecule has 0 radical (unpaired) electrons. The number of ether oxygens (including phenoxy) is 1. The second kappa shape index (κ2) is 6.21. The molecule has 1 heterocycles. The summed E-state index contributed by atoms with van der Waals surface area (Å²) in [5.41, 5.74) is 1.69. The van der Waals surface area contributed by atoms with Crippen LogP contribution in [0.5, 0.6) is 5.75 Å². The van der Waals surface area contributed by atoms with Crippen LogP contribution >= 0.6 is 0 Å². The zero-order valence-corrected chi connectivity index (χ0v) is 12.2. The number of methoxy groups -OCH3 is 1. The number of nitro groups is 1. The van der Waals surface area contributed by atoms with Gasteiger partial charge in [0.15, 0.2) is 0 Å². The quantitative estimate of drug-likeness (QED) is 0.673. The van der Waals surface area contributed by atoms with E-state index in [0.29, 0.717) is 11.4 Å². The maximum Gasteiger partial charge on any atom is 0.290 e. The first-order valence-corrected chi connectivity index (χ1v) is 6.53. The Morgan fingerprint density at radius 1 is 1.33 bits per heavy atom. The Labute approximate surface area is 122 Å². The van der Waals surface area contributed by atoms with Gasteiger partial charge in [-0.3, -0.25) is 10.1 Å². The van der Waals surface area contributed by atoms with Crippen molar-refractivity contribution in [2.75, 3.05) is 12.4 Å². The zero-order valence-electron chi connectivity index (χ0n) is 12.2. The van der Waals surface area contributed by atoms with Crippen molar-refractivity contribution < 1.29 is 9.66 Å². The van der Waals surface area contributed by atoms with Crippen LogP contribution in [0.2, 0.25) is 0 Å². The highest BCUT2D eigenvalue weighted by Gasteiger charge is 2.13. The average Bonchev–Trinajstić information content (AvgIpc) is 2.47. The van der Waals surface area contributed by atoms with Gasteiger partial charge in [-0.25, -0.2) is 4.98 Å². The van der Waals surface area contributed by atoms with Gasteiger partial charge in [-0.2, -0.15) is 0 Å². The third-order valence-electron chi connectivity index (χ3n) is 3.26. The van der Waals surface area contributed by atoms with E-state index in [1.54, 1.807) is 20.1 Å². The van der Waals surface area contributed by atoms with Crippen molar-refractivity contribution in [2.24, 2.45) is 0 Å². The molecule has 1 unspecified atom stereocenters. The fourth-order valence-electron chi connectivity index (χ4n) is 2.02. The van der Waals surface area contributed by atoms with Crippen LogP contribution in [0.3, 0.4) is 0 Å². The van der Waals surface area contributed by atoms with Crippen molar-refractivity contribution >= 4 is 11.5 Å². The molecule has 1 N–H and O–H groups in total. The van der Waals surface area contributed by atoms with Crippen molar-refractivity contribution in [3.63, 3.8) is 0 Å². The summed E-state index contributed by atoms with van der Waals surface area (Å²) in [4.78, 5) is 14.4. The number of benzene rings is 1. The van der Waals surface area contributed by atoms with E-state index < -0.39 is 4.92 Å². The summed E-state index contributed by atoms with van der Waals surface area (Å²) in [7, 11) is 1.63. The Morgan fingerprint density at radius 3 is 2.52 bits per heavy atom. The van der Waals surface area contributed by atoms with Crippen LogP contribution in [-0.4, -0.2) is 17.0 Å². The minimum Gasteiger partial charge on any atom is -0.497 e. The molecule has 0 bridgehead atoms. The second-order valence-corrected chi connectivity index (χ2v) is 4.75. The number of pyridine rings is 1. The van der Waals surface area contributed by atoms with Gasteiger partial charge in [0, 0.05) is 11.6 Å². The van der Waals surface area contributed by atoms with Crippen molar-refractivity contribution in [3.8, 4) is 5.75 Å². The number of nitrogens with one attached hydrogen (secondary N) is 1. The molecule has 6 heteroatoms. The van der Waals surface area contributed by atoms with Gasteiger partial charge in [0.1, 0.15) is 17.8 Å². The number of aryl methyl sites for hydroxylation is 1. The summed E-state index contributed by atoms with van der Waals surface area (Å²) in [5.74, 6) is 1.41. The van der Waals surface area contributed by atoms with E-state index in [-0.39, 0.29) is 11.7 Å². The number of hydrogen-bond donors (Lipinski definition) is 1. The van der Waals surface area contributed by atoms with Gasteiger partial charge in [0.25, 0.3) is 5.69 Å². The molecule has 110 valence electrons. The average molecular weight is 287 g/mol. The molecule has 0 aliphatic rings. The van der Waals surface area contributed by atoms with Crippen molar-refractivity contribution in [3.05, 3.63) is 57.8 Å². The molecule has 0 amide bonds. The Morgan fingerprint density at radius 2 is 2.00 bits per heavy atom. The molecule has 1 atom stereocenters. The zero-order chi connectivity index (χ0) is 15.4. The molecule has 6 nitrogen and oxygen atoms in total. The molecular weight excluding hydrogens is 270 g/mol. The first-order valence-electron chi connectivity index (χ1n) is 6.53. The molecule has 0 saturated heterocycles. The predicted octanol–water partition coefficient (Wildman–Crippen LogP) is 3.48. The molecule has 1 aromatic carbocycles. The first-order chi connectivity index (χ1) is 10.0. The van der Waals surface area contributed by atoms with E-state index in [4.69, 9.17) is 4.74 Å². The fraction of sp³-hybridized carbons (Fsp3) is 0.267. The smallest absolute Gasteiger partial charge is 0.290 e. The van der Waals surface area contributed by atoms with Gasteiger partial charge in [-0.05, 0) is 37.6 Å². The predicted molar refractivity (Wildman–Crippen MR) is 80.7 cm³/mol. The minimum atomic E-state index is -0.432. The Kier molecular flexibility index (Phi) is 4.37. The highest BCUT2D eigenvalue weighted by molar-refractivity contribution is 5.48. The van der Waals surface area contributed by atoms with Crippen molar-refractivity contribution in [1.29, 1.82) is 0 Å². The van der Waals surface area contributed by atoms with Gasteiger partial charge in [-0.1, -0.05) is 12.1 Å². The molecule has 0 fully saturated rings. The summed E-state index contributed by atoms with van der Waals surface area (Å²) in [5, 5.41) is 14.0. The SMILES string of the molecule is COc1ccc(C(C)Nc2cc(C)c([N+](=O)[O-])cn2)cc1. The van der Waals surface area contributed by atoms with E-state index in [1.807, 2.05) is 31.2 Å². The molecule has 2 aromatic rings. The third kappa shape index (κ3) is 3.47. The Bertz CT molecular complexity index is 641. The summed E-state index contributed by atoms with van der Waals surface area (Å²) < 4.78 is 5.12. The molecule has 0 saturated carbocycles. The van der Waals surface area contributed by atoms with E-state index in [9.17, 15) is 10.1 Å². The molecule has 1 aromatic heterocycles. The van der Waals surface area contributed by atoms with Crippen LogP contribution in [0.4, 0.5) is 11.5 Å². The summed E-state index contributed by atoms with van der Waals surface area (Å²) >= 11 is 0. The molecule has 0 spiro atoms. The first kappa shape index (κ1) is 14.8. The molecule has 0 aliphatic carbocycles. The van der Waals surface area contributed by atoms with E-state index in [0.717, 1.165) is 11.3 Å². The van der Waals surface area contributed by atoms with E-state index >= 15 is 0 Å². The Balaban J connectivity index is 2.13. The largest absolute Gasteiger partial charge is 0.497 e. The lowest BCUT2D eigenvalue weighted by Gasteiger charge is -2.15. The van der Waals surface area contributed by atoms with Crippen molar-refractivity contribution in [1.82, 2.24) is 4.98 Å². The van der Waals surface area contributed by atoms with Gasteiger partial charge in [0.05, 0.1) is 12.0 Å². The maximum absolute atomic E-state index is 10.8. The van der Waals surface area contributed by atoms with Gasteiger partial charge in [0.2, 0.25) is 0 Å². The van der Waals surface area contributed by atoms with Crippen LogP contribution in [0.25, 0.3) is 0 Å². The highest BCUT2D eigenvalue weighted by Crippen LogP contribution is 2.23. The fourth-order valence-corrected chi connectivity index (χ4v) is 2.02. The van der Waals surface area contributed by atoms with Gasteiger partial charge >= 0.3 is 0 Å². The number of nitrogens with zero attached hydrogens (tertiary/aromatic N) is 2. The lowest BCUT2D eigenvalue weighted by molar-refractivity contribution is -0.385. The topological polar surface area (TPSA) is 77.3 Å². The van der Waals surface area contributed by atoms with Crippen LogP contribution in [-0.2, 0) is 0 Å². The number of rotatable bonds is 5. The lowest BCUT2D eigenvalue weighted by Crippen LogP contribution is -2.08. The summed E-state index contributed by atoms with van der Waals surface area (Å²) in [6.45, 7) is 3.70. The van der Waals surface area contributed by atoms with Gasteiger partial charge in [-0.15, -0.1) is 0 Å². The van der Waals surface area contributed by atoms with Crippen LogP contribution < -0.4 is 10.1 Å². The van der Waals surface area contributed by atoms with Crippen LogP contribution in [0.15, 0.2) is 36.5 Å². The number of hydrogen-bond acceptors (Lipinski definition) is 5. The van der Waals surface area contributed by atoms with E-state index in [1.165, 1.54) is 6.20 Å². The Hall–Kier alpha value is -2.63. The van der Waals surface area contributed by atoms with Crippen LogP contribution in [0.1, 0.15) is 24.1 Å². The highest BCUT2D eigenvalue weighted by atomic mass is 16.6. The normalized spacial score (nSPS) is 11.8. The molecule has 2 rings (SSSR count). The summed E-state index contributed by atoms with van der Waals surface area (Å²) in [6, 6.07) is 9.43. The number of anilines is 1. The molecular formula is C15H17N3O3. The van der Waals surface area contributed by atoms with Crippen LogP contribution in [0, 0.1) is 17.0 Å². The lowest BCUT2D eigenvalue weighted by atomic mass is 10.1. The third-order valence-corrected chi connectivity index (χ3v) is 3.26. The van der Waals surface area contributed by atoms with E-state index in [2.05, 4.69) is 10.3 Å². The van der Waals surface area contributed by atoms with Crippen molar-refractivity contribution in [2.45, 2.75) is 19.9 Å². The molecule has 0 aliphatic heterocycles. The standard InChI is InChI=1S/C15H17N3O3/c1-10-8-15(16-9-14(10)18(19)20)17-11(2)12-4-6-13(21-3)7-5-12/h4-9,11H,1-3H3,(H,16,17). The summed E-state index contributed by atoms with van der Waals surface area (Å²) in [6.07, 6.45) is 1.28. The molecule has 21 heavy (non-hydrogen) atoms. The minimum absolute atomic E-state index is 0.0256. The monoisotopic (exact) mass is 287 g/mol.